The van der Waals surface area contributed by atoms with E-state index in [0.717, 1.165) is 10.8 Å². The summed E-state index contributed by atoms with van der Waals surface area (Å²) in [6.07, 6.45) is 0.860. The number of ether oxygens (including phenoxy) is 1. The summed E-state index contributed by atoms with van der Waals surface area (Å²) in [5, 5.41) is 3.05. The topological polar surface area (TPSA) is 59.6 Å². The largest absolute Gasteiger partial charge is 0.383 e. The predicted octanol–water partition coefficient (Wildman–Crippen LogP) is 1.88. The van der Waals surface area contributed by atoms with E-state index in [2.05, 4.69) is 10.3 Å². The molecule has 3 N–H and O–H groups in total. The molecular formula is C11H18ClN3OS. The molecule has 1 aromatic heterocycles. The van der Waals surface area contributed by atoms with E-state index in [1.54, 1.807) is 18.4 Å². The number of thiophene rings is 1. The fraction of sp³-hybridized carbons (Fsp3) is 0.545. The zero-order valence-electron chi connectivity index (χ0n) is 10.1. The van der Waals surface area contributed by atoms with Gasteiger partial charge in [-0.3, -0.25) is 4.99 Å². The number of nitrogens with two attached hydrogens (primary N) is 1. The van der Waals surface area contributed by atoms with Crippen LogP contribution in [0, 0.1) is 0 Å². The number of nitrogens with zero attached hydrogens (tertiary/aromatic N) is 1. The highest BCUT2D eigenvalue weighted by Crippen LogP contribution is 2.21. The standard InChI is InChI=1S/C11H18ClN3OS/c1-8(7-16-2)15-11(13)14-6-5-9-3-4-10(12)17-9/h3-4,8H,5-7H2,1-2H3,(H3,13,14,15). The molecule has 96 valence electrons. The highest BCUT2D eigenvalue weighted by Gasteiger charge is 2.01. The highest BCUT2D eigenvalue weighted by atomic mass is 35.5. The Bertz CT molecular complexity index is 367. The van der Waals surface area contributed by atoms with Crippen LogP contribution in [0.4, 0.5) is 0 Å². The number of hydrogen-bond donors (Lipinski definition) is 2. The third-order valence-corrected chi connectivity index (χ3v) is 3.37. The predicted molar refractivity (Wildman–Crippen MR) is 74.0 cm³/mol. The number of methoxy groups -OCH3 is 1. The Balaban J connectivity index is 2.28. The van der Waals surface area contributed by atoms with E-state index < -0.39 is 0 Å². The molecule has 0 aliphatic carbocycles. The summed E-state index contributed by atoms with van der Waals surface area (Å²) < 4.78 is 5.80. The number of guanidine groups is 1. The molecule has 0 amide bonds. The van der Waals surface area contributed by atoms with Gasteiger partial charge in [-0.25, -0.2) is 0 Å². The third kappa shape index (κ3) is 5.91. The zero-order chi connectivity index (χ0) is 12.7. The van der Waals surface area contributed by atoms with Crippen molar-refractivity contribution in [3.8, 4) is 0 Å². The number of hydrogen-bond acceptors (Lipinski definition) is 3. The smallest absolute Gasteiger partial charge is 0.188 e. The van der Waals surface area contributed by atoms with E-state index in [1.165, 1.54) is 4.88 Å². The van der Waals surface area contributed by atoms with E-state index in [9.17, 15) is 0 Å². The van der Waals surface area contributed by atoms with Gasteiger partial charge in [0.25, 0.3) is 0 Å². The Hall–Kier alpha value is -0.780. The maximum atomic E-state index is 5.84. The number of aliphatic imine (C=N–C) groups is 1. The molecule has 0 saturated carbocycles. The van der Waals surface area contributed by atoms with Gasteiger partial charge in [0, 0.05) is 31.0 Å². The lowest BCUT2D eigenvalue weighted by molar-refractivity contribution is 0.179. The summed E-state index contributed by atoms with van der Waals surface area (Å²) in [4.78, 5) is 5.46. The van der Waals surface area contributed by atoms with Crippen molar-refractivity contribution in [3.63, 3.8) is 0 Å². The van der Waals surface area contributed by atoms with E-state index in [4.69, 9.17) is 22.1 Å². The summed E-state index contributed by atoms with van der Waals surface area (Å²) in [7, 11) is 1.66. The molecule has 0 aliphatic heterocycles. The molecule has 0 saturated heterocycles. The molecule has 1 heterocycles. The molecule has 6 heteroatoms. The molecule has 17 heavy (non-hydrogen) atoms. The first-order valence-electron chi connectivity index (χ1n) is 5.41. The van der Waals surface area contributed by atoms with Crippen LogP contribution >= 0.6 is 22.9 Å². The van der Waals surface area contributed by atoms with Crippen LogP contribution in [0.25, 0.3) is 0 Å². The normalized spacial score (nSPS) is 13.7. The van der Waals surface area contributed by atoms with E-state index in [1.807, 2.05) is 19.1 Å². The summed E-state index contributed by atoms with van der Waals surface area (Å²) in [5.41, 5.74) is 5.73. The van der Waals surface area contributed by atoms with Crippen LogP contribution in [-0.2, 0) is 11.2 Å². The minimum Gasteiger partial charge on any atom is -0.383 e. The van der Waals surface area contributed by atoms with Gasteiger partial charge in [0.15, 0.2) is 5.96 Å². The minimum atomic E-state index is 0.167. The second-order valence-corrected chi connectivity index (χ2v) is 5.52. The average molecular weight is 276 g/mol. The Morgan fingerprint density at radius 1 is 1.65 bits per heavy atom. The molecule has 0 radical (unpaired) electrons. The third-order valence-electron chi connectivity index (χ3n) is 2.08. The molecule has 1 rings (SSSR count). The van der Waals surface area contributed by atoms with Gasteiger partial charge in [-0.15, -0.1) is 11.3 Å². The maximum Gasteiger partial charge on any atom is 0.188 e. The first-order valence-corrected chi connectivity index (χ1v) is 6.61. The second-order valence-electron chi connectivity index (χ2n) is 3.72. The molecule has 4 nitrogen and oxygen atoms in total. The maximum absolute atomic E-state index is 5.84. The monoisotopic (exact) mass is 275 g/mol. The SMILES string of the molecule is COCC(C)NC(N)=NCCc1ccc(Cl)s1. The molecule has 0 aromatic carbocycles. The van der Waals surface area contributed by atoms with Crippen LogP contribution in [0.15, 0.2) is 17.1 Å². The molecule has 0 spiro atoms. The van der Waals surface area contributed by atoms with Crippen molar-refractivity contribution in [2.24, 2.45) is 10.7 Å². The van der Waals surface area contributed by atoms with Gasteiger partial charge >= 0.3 is 0 Å². The van der Waals surface area contributed by atoms with Crippen molar-refractivity contribution in [2.45, 2.75) is 19.4 Å². The van der Waals surface area contributed by atoms with Crippen molar-refractivity contribution >= 4 is 28.9 Å². The summed E-state index contributed by atoms with van der Waals surface area (Å²) in [5.74, 6) is 0.456. The van der Waals surface area contributed by atoms with Gasteiger partial charge in [0.2, 0.25) is 0 Å². The lowest BCUT2D eigenvalue weighted by atomic mass is 10.3. The van der Waals surface area contributed by atoms with E-state index in [0.29, 0.717) is 19.1 Å². The number of nitrogens with one attached hydrogen (secondary N) is 1. The summed E-state index contributed by atoms with van der Waals surface area (Å²) in [6, 6.07) is 4.08. The van der Waals surface area contributed by atoms with Gasteiger partial charge < -0.3 is 15.8 Å². The molecule has 1 aromatic rings. The lowest BCUT2D eigenvalue weighted by Gasteiger charge is -2.12. The Labute approximate surface area is 111 Å². The van der Waals surface area contributed by atoms with Crippen molar-refractivity contribution in [1.29, 1.82) is 0 Å². The molecule has 0 fully saturated rings. The van der Waals surface area contributed by atoms with Crippen LogP contribution in [0.2, 0.25) is 4.34 Å². The average Bonchev–Trinajstić information content (AvgIpc) is 2.64. The Morgan fingerprint density at radius 3 is 3.00 bits per heavy atom. The Kier molecular flexibility index (Phi) is 6.32. The van der Waals surface area contributed by atoms with Crippen LogP contribution in [-0.4, -0.2) is 32.3 Å². The van der Waals surface area contributed by atoms with Crippen molar-refractivity contribution < 1.29 is 4.74 Å². The second kappa shape index (κ2) is 7.53. The van der Waals surface area contributed by atoms with Gasteiger partial charge in [-0.05, 0) is 19.1 Å². The highest BCUT2D eigenvalue weighted by molar-refractivity contribution is 7.16. The van der Waals surface area contributed by atoms with Crippen LogP contribution in [0.3, 0.4) is 0 Å². The van der Waals surface area contributed by atoms with Crippen molar-refractivity contribution in [2.75, 3.05) is 20.3 Å². The molecular weight excluding hydrogens is 258 g/mol. The minimum absolute atomic E-state index is 0.167. The zero-order valence-corrected chi connectivity index (χ0v) is 11.6. The van der Waals surface area contributed by atoms with Gasteiger partial charge in [0.1, 0.15) is 0 Å². The quantitative estimate of drug-likeness (QED) is 0.616. The first-order chi connectivity index (χ1) is 8.11. The number of halogens is 1. The van der Waals surface area contributed by atoms with Crippen LogP contribution < -0.4 is 11.1 Å². The van der Waals surface area contributed by atoms with Gasteiger partial charge in [0.05, 0.1) is 10.9 Å². The lowest BCUT2D eigenvalue weighted by Crippen LogP contribution is -2.40. The summed E-state index contributed by atoms with van der Waals surface area (Å²) >= 11 is 7.41. The fourth-order valence-electron chi connectivity index (χ4n) is 1.36. The molecule has 1 unspecified atom stereocenters. The molecule has 0 bridgehead atoms. The van der Waals surface area contributed by atoms with E-state index in [-0.39, 0.29) is 6.04 Å². The molecule has 0 aliphatic rings. The van der Waals surface area contributed by atoms with Gasteiger partial charge in [-0.1, -0.05) is 11.6 Å². The van der Waals surface area contributed by atoms with Crippen molar-refractivity contribution in [1.82, 2.24) is 5.32 Å². The van der Waals surface area contributed by atoms with Crippen LogP contribution in [0.5, 0.6) is 0 Å². The Morgan fingerprint density at radius 2 is 2.41 bits per heavy atom. The van der Waals surface area contributed by atoms with E-state index >= 15 is 0 Å². The van der Waals surface area contributed by atoms with Crippen molar-refractivity contribution in [3.05, 3.63) is 21.3 Å². The summed E-state index contributed by atoms with van der Waals surface area (Å²) in [6.45, 7) is 3.26. The van der Waals surface area contributed by atoms with Crippen LogP contribution in [0.1, 0.15) is 11.8 Å². The van der Waals surface area contributed by atoms with Gasteiger partial charge in [-0.2, -0.15) is 0 Å². The number of rotatable bonds is 6. The fourth-order valence-corrected chi connectivity index (χ4v) is 2.44. The first kappa shape index (κ1) is 14.3. The molecule has 1 atom stereocenters.